The largest absolute Gasteiger partial charge is 0.413 e. The molecule has 3 nitrogen and oxygen atoms in total. The predicted molar refractivity (Wildman–Crippen MR) is 108 cm³/mol. The van der Waals surface area contributed by atoms with Crippen LogP contribution in [0.4, 0.5) is 0 Å². The Balaban J connectivity index is 3.02. The first-order valence-electron chi connectivity index (χ1n) is 8.96. The van der Waals surface area contributed by atoms with E-state index < -0.39 is 16.6 Å². The van der Waals surface area contributed by atoms with Crippen molar-refractivity contribution >= 4 is 22.5 Å². The standard InChI is InChI=1S/C19H37NO2Si2/c1-13-15-16(14(2)22-24(11,12)19(6,7)8)17(21)20(15)23(9,10)18(3,4)5/h1,14-16H,2-12H3. The molecular formula is C19H37NO2Si2. The molecule has 3 unspecified atom stereocenters. The first kappa shape index (κ1) is 21.5. The van der Waals surface area contributed by atoms with Gasteiger partial charge in [0.15, 0.2) is 16.6 Å². The third-order valence-corrected chi connectivity index (χ3v) is 16.5. The van der Waals surface area contributed by atoms with Gasteiger partial charge >= 0.3 is 0 Å². The summed E-state index contributed by atoms with van der Waals surface area (Å²) >= 11 is 0. The summed E-state index contributed by atoms with van der Waals surface area (Å²) in [5, 5.41) is 0.213. The molecule has 1 amide bonds. The zero-order chi connectivity index (χ0) is 19.3. The number of carbonyl (C=O) groups is 1. The van der Waals surface area contributed by atoms with Crippen LogP contribution >= 0.6 is 0 Å². The van der Waals surface area contributed by atoms with E-state index in [9.17, 15) is 4.79 Å². The van der Waals surface area contributed by atoms with Crippen molar-refractivity contribution < 1.29 is 9.22 Å². The molecule has 0 bridgehead atoms. The number of amides is 1. The first-order chi connectivity index (χ1) is 10.5. The SMILES string of the molecule is C#CC1C(C(C)O[Si](C)(C)C(C)(C)C)C(=O)N1[Si](C)(C)C(C)(C)C. The summed E-state index contributed by atoms with van der Waals surface area (Å²) in [5.74, 6) is 2.89. The average molecular weight is 368 g/mol. The van der Waals surface area contributed by atoms with Crippen LogP contribution in [0, 0.1) is 18.3 Å². The molecule has 0 saturated carbocycles. The fraction of sp³-hybridized carbons (Fsp3) is 0.842. The lowest BCUT2D eigenvalue weighted by molar-refractivity contribution is -0.150. The Bertz CT molecular complexity index is 535. The van der Waals surface area contributed by atoms with E-state index in [0.29, 0.717) is 0 Å². The van der Waals surface area contributed by atoms with E-state index in [1.165, 1.54) is 0 Å². The summed E-state index contributed by atoms with van der Waals surface area (Å²) in [6.45, 7) is 24.2. The van der Waals surface area contributed by atoms with E-state index in [2.05, 4.69) is 73.7 Å². The second kappa shape index (κ2) is 6.30. The lowest BCUT2D eigenvalue weighted by atomic mass is 9.86. The maximum Gasteiger partial charge on any atom is 0.224 e. The van der Waals surface area contributed by atoms with Crippen LogP contribution in [-0.2, 0) is 9.22 Å². The summed E-state index contributed by atoms with van der Waals surface area (Å²) in [6, 6.07) is -0.127. The van der Waals surface area contributed by atoms with Crippen molar-refractivity contribution in [3.05, 3.63) is 0 Å². The van der Waals surface area contributed by atoms with Crippen LogP contribution in [-0.4, -0.2) is 39.2 Å². The second-order valence-corrected chi connectivity index (χ2v) is 20.1. The highest BCUT2D eigenvalue weighted by Gasteiger charge is 2.59. The lowest BCUT2D eigenvalue weighted by Crippen LogP contribution is -2.74. The van der Waals surface area contributed by atoms with Crippen molar-refractivity contribution in [2.45, 2.75) is 96.9 Å². The highest BCUT2D eigenvalue weighted by Crippen LogP contribution is 2.46. The maximum atomic E-state index is 13.0. The van der Waals surface area contributed by atoms with Crippen molar-refractivity contribution in [3.8, 4) is 12.3 Å². The lowest BCUT2D eigenvalue weighted by Gasteiger charge is -2.58. The number of hydrogen-bond donors (Lipinski definition) is 0. The minimum atomic E-state index is -1.95. The van der Waals surface area contributed by atoms with Gasteiger partial charge in [-0.25, -0.2) is 0 Å². The molecule has 0 aliphatic carbocycles. The van der Waals surface area contributed by atoms with E-state index in [4.69, 9.17) is 10.8 Å². The molecule has 0 aromatic carbocycles. The Morgan fingerprint density at radius 1 is 1.08 bits per heavy atom. The number of terminal acetylenes is 1. The molecule has 0 aromatic rings. The van der Waals surface area contributed by atoms with E-state index in [1.54, 1.807) is 0 Å². The molecule has 1 rings (SSSR count). The number of β-lactam (4-membered cyclic amide) rings is 1. The molecule has 0 N–H and O–H groups in total. The summed E-state index contributed by atoms with van der Waals surface area (Å²) in [7, 11) is -3.87. The minimum absolute atomic E-state index is 0.0895. The van der Waals surface area contributed by atoms with Gasteiger partial charge in [-0.3, -0.25) is 4.79 Å². The van der Waals surface area contributed by atoms with Gasteiger partial charge in [0.05, 0.1) is 18.1 Å². The van der Waals surface area contributed by atoms with Crippen molar-refractivity contribution in [2.75, 3.05) is 0 Å². The van der Waals surface area contributed by atoms with Gasteiger partial charge in [-0.2, -0.15) is 0 Å². The summed E-state index contributed by atoms with van der Waals surface area (Å²) in [6.07, 6.45) is 5.71. The van der Waals surface area contributed by atoms with Crippen LogP contribution in [0.5, 0.6) is 0 Å². The van der Waals surface area contributed by atoms with Crippen LogP contribution in [0.3, 0.4) is 0 Å². The Morgan fingerprint density at radius 2 is 1.54 bits per heavy atom. The highest BCUT2D eigenvalue weighted by molar-refractivity contribution is 6.80. The van der Waals surface area contributed by atoms with E-state index in [1.807, 2.05) is 11.5 Å². The van der Waals surface area contributed by atoms with Gasteiger partial charge in [0.2, 0.25) is 5.91 Å². The highest BCUT2D eigenvalue weighted by atomic mass is 28.4. The molecule has 3 atom stereocenters. The van der Waals surface area contributed by atoms with Gasteiger partial charge in [-0.1, -0.05) is 60.6 Å². The average Bonchev–Trinajstić information content (AvgIpc) is 2.31. The van der Waals surface area contributed by atoms with Crippen molar-refractivity contribution in [2.24, 2.45) is 5.92 Å². The second-order valence-electron chi connectivity index (χ2n) is 10.2. The van der Waals surface area contributed by atoms with Gasteiger partial charge in [0.1, 0.15) is 0 Å². The molecular weight excluding hydrogens is 330 g/mol. The van der Waals surface area contributed by atoms with E-state index in [0.717, 1.165) is 0 Å². The monoisotopic (exact) mass is 367 g/mol. The molecule has 24 heavy (non-hydrogen) atoms. The van der Waals surface area contributed by atoms with Crippen LogP contribution in [0.2, 0.25) is 36.3 Å². The number of hydrogen-bond acceptors (Lipinski definition) is 2. The van der Waals surface area contributed by atoms with Crippen molar-refractivity contribution in [1.29, 1.82) is 0 Å². The molecule has 138 valence electrons. The van der Waals surface area contributed by atoms with Crippen LogP contribution in [0.15, 0.2) is 0 Å². The summed E-state index contributed by atoms with van der Waals surface area (Å²) in [4.78, 5) is 13.0. The third kappa shape index (κ3) is 3.51. The van der Waals surface area contributed by atoms with Crippen LogP contribution in [0.25, 0.3) is 0 Å². The Labute approximate surface area is 151 Å². The topological polar surface area (TPSA) is 29.5 Å². The fourth-order valence-electron chi connectivity index (χ4n) is 2.85. The molecule has 5 heteroatoms. The minimum Gasteiger partial charge on any atom is -0.413 e. The predicted octanol–water partition coefficient (Wildman–Crippen LogP) is 4.86. The molecule has 0 aromatic heterocycles. The molecule has 1 aliphatic heterocycles. The van der Waals surface area contributed by atoms with Crippen molar-refractivity contribution in [1.82, 2.24) is 4.57 Å². The zero-order valence-corrected chi connectivity index (χ0v) is 19.6. The van der Waals surface area contributed by atoms with E-state index >= 15 is 0 Å². The molecule has 1 fully saturated rings. The molecule has 0 spiro atoms. The molecule has 0 radical (unpaired) electrons. The fourth-order valence-corrected chi connectivity index (χ4v) is 6.63. The van der Waals surface area contributed by atoms with Gasteiger partial charge < -0.3 is 8.99 Å². The zero-order valence-electron chi connectivity index (χ0n) is 17.6. The van der Waals surface area contributed by atoms with Gasteiger partial charge in [-0.05, 0) is 30.1 Å². The molecule has 1 aliphatic rings. The van der Waals surface area contributed by atoms with Crippen LogP contribution < -0.4 is 0 Å². The number of rotatable bonds is 4. The van der Waals surface area contributed by atoms with Crippen molar-refractivity contribution in [3.63, 3.8) is 0 Å². The number of carbonyl (C=O) groups excluding carboxylic acids is 1. The summed E-state index contributed by atoms with van der Waals surface area (Å²) < 4.78 is 8.50. The molecule has 1 heterocycles. The van der Waals surface area contributed by atoms with Gasteiger partial charge in [-0.15, -0.1) is 6.42 Å². The quantitative estimate of drug-likeness (QED) is 0.403. The smallest absolute Gasteiger partial charge is 0.224 e. The molecule has 1 saturated heterocycles. The van der Waals surface area contributed by atoms with Crippen LogP contribution in [0.1, 0.15) is 48.5 Å². The Kier molecular flexibility index (Phi) is 5.63. The third-order valence-electron chi connectivity index (χ3n) is 6.54. The normalized spacial score (nSPS) is 24.4. The van der Waals surface area contributed by atoms with Gasteiger partial charge in [0.25, 0.3) is 0 Å². The summed E-state index contributed by atoms with van der Waals surface area (Å²) in [5.41, 5.74) is 0. The number of nitrogens with zero attached hydrogens (tertiary/aromatic N) is 1. The van der Waals surface area contributed by atoms with Gasteiger partial charge in [0, 0.05) is 0 Å². The maximum absolute atomic E-state index is 13.0. The van der Waals surface area contributed by atoms with E-state index in [-0.39, 0.29) is 34.0 Å². The first-order valence-corrected chi connectivity index (χ1v) is 14.8. The Hall–Kier alpha value is -0.576. The Morgan fingerprint density at radius 3 is 1.88 bits per heavy atom.